The fourth-order valence-electron chi connectivity index (χ4n) is 3.83. The van der Waals surface area contributed by atoms with Crippen molar-refractivity contribution in [1.82, 2.24) is 20.0 Å². The van der Waals surface area contributed by atoms with E-state index >= 15 is 0 Å². The number of benzene rings is 1. The Kier molecular flexibility index (Phi) is 5.50. The molecule has 1 amide bonds. The summed E-state index contributed by atoms with van der Waals surface area (Å²) in [4.78, 5) is 21.5. The lowest BCUT2D eigenvalue weighted by atomic mass is 9.96. The topological polar surface area (TPSA) is 65.8 Å². The Bertz CT molecular complexity index is 919. The number of amides is 1. The second-order valence-electron chi connectivity index (χ2n) is 7.80. The molecule has 2 fully saturated rings. The average molecular weight is 415 g/mol. The number of carbonyl (C=O) groups is 1. The van der Waals surface area contributed by atoms with Crippen molar-refractivity contribution in [3.8, 4) is 0 Å². The Morgan fingerprint density at radius 1 is 1.34 bits per heavy atom. The van der Waals surface area contributed by atoms with E-state index in [0.29, 0.717) is 19.6 Å². The first-order chi connectivity index (χ1) is 14.0. The van der Waals surface area contributed by atoms with Gasteiger partial charge in [-0.2, -0.15) is 5.10 Å². The third-order valence-corrected chi connectivity index (χ3v) is 5.92. The highest BCUT2D eigenvalue weighted by Crippen LogP contribution is 2.48. The molecule has 1 aliphatic heterocycles. The van der Waals surface area contributed by atoms with E-state index in [1.54, 1.807) is 15.8 Å². The summed E-state index contributed by atoms with van der Waals surface area (Å²) >= 11 is 6.19. The predicted molar refractivity (Wildman–Crippen MR) is 115 cm³/mol. The van der Waals surface area contributed by atoms with Crippen LogP contribution in [0.2, 0.25) is 5.02 Å². The Morgan fingerprint density at radius 2 is 2.17 bits per heavy atom. The summed E-state index contributed by atoms with van der Waals surface area (Å²) in [6, 6.07) is 8.09. The number of rotatable bonds is 5. The first-order valence-electron chi connectivity index (χ1n) is 10.1. The lowest BCUT2D eigenvalue weighted by molar-refractivity contribution is -0.120. The molecule has 2 heterocycles. The zero-order valence-electron chi connectivity index (χ0n) is 16.9. The van der Waals surface area contributed by atoms with Crippen molar-refractivity contribution in [2.45, 2.75) is 25.2 Å². The predicted octanol–water partition coefficient (Wildman–Crippen LogP) is 2.42. The maximum absolute atomic E-state index is 12.7. The SMILES string of the molecule is CCNC(=NCC1(c2cccc(Cl)c2)CC1)N1CCN(c2cnn(C)c2)C(=O)C1. The van der Waals surface area contributed by atoms with Gasteiger partial charge in [0.05, 0.1) is 18.4 Å². The van der Waals surface area contributed by atoms with Gasteiger partial charge in [0.2, 0.25) is 5.91 Å². The molecule has 2 aliphatic rings. The van der Waals surface area contributed by atoms with Crippen LogP contribution in [0.5, 0.6) is 0 Å². The number of halogens is 1. The van der Waals surface area contributed by atoms with Crippen molar-refractivity contribution < 1.29 is 4.79 Å². The molecule has 1 N–H and O–H groups in total. The van der Waals surface area contributed by atoms with E-state index in [0.717, 1.165) is 42.6 Å². The van der Waals surface area contributed by atoms with Gasteiger partial charge in [-0.1, -0.05) is 23.7 Å². The van der Waals surface area contributed by atoms with E-state index in [1.807, 2.05) is 43.3 Å². The van der Waals surface area contributed by atoms with E-state index in [2.05, 4.69) is 16.5 Å². The monoisotopic (exact) mass is 414 g/mol. The Labute approximate surface area is 176 Å². The van der Waals surface area contributed by atoms with Crippen LogP contribution in [0.1, 0.15) is 25.3 Å². The smallest absolute Gasteiger partial charge is 0.246 e. The maximum Gasteiger partial charge on any atom is 0.246 e. The van der Waals surface area contributed by atoms with Gasteiger partial charge in [0, 0.05) is 43.3 Å². The van der Waals surface area contributed by atoms with Gasteiger partial charge in [-0.05, 0) is 37.5 Å². The van der Waals surface area contributed by atoms with Crippen LogP contribution in [0.4, 0.5) is 5.69 Å². The largest absolute Gasteiger partial charge is 0.357 e. The average Bonchev–Trinajstić information content (AvgIpc) is 3.38. The summed E-state index contributed by atoms with van der Waals surface area (Å²) in [5.41, 5.74) is 2.17. The van der Waals surface area contributed by atoms with Crippen LogP contribution in [0.25, 0.3) is 0 Å². The quantitative estimate of drug-likeness (QED) is 0.602. The number of aryl methyl sites for hydroxylation is 1. The third-order valence-electron chi connectivity index (χ3n) is 5.68. The summed E-state index contributed by atoms with van der Waals surface area (Å²) in [6.07, 6.45) is 5.83. The number of piperazine rings is 1. The Balaban J connectivity index is 1.46. The lowest BCUT2D eigenvalue weighted by Crippen LogP contribution is -2.55. The Hall–Kier alpha value is -2.54. The number of carbonyl (C=O) groups excluding carboxylic acids is 1. The van der Waals surface area contributed by atoms with E-state index in [-0.39, 0.29) is 11.3 Å². The first kappa shape index (κ1) is 19.8. The molecule has 8 heteroatoms. The molecule has 0 unspecified atom stereocenters. The fraction of sp³-hybridized carbons (Fsp3) is 0.476. The summed E-state index contributed by atoms with van der Waals surface area (Å²) < 4.78 is 1.71. The molecule has 29 heavy (non-hydrogen) atoms. The zero-order chi connectivity index (χ0) is 20.4. The number of hydrogen-bond donors (Lipinski definition) is 1. The molecule has 1 aliphatic carbocycles. The number of aliphatic imine (C=N–C) groups is 1. The molecule has 0 atom stereocenters. The van der Waals surface area contributed by atoms with Gasteiger partial charge in [0.1, 0.15) is 6.54 Å². The van der Waals surface area contributed by atoms with Gasteiger partial charge in [0.15, 0.2) is 5.96 Å². The third kappa shape index (κ3) is 4.24. The van der Waals surface area contributed by atoms with Crippen molar-refractivity contribution >= 4 is 29.2 Å². The highest BCUT2D eigenvalue weighted by atomic mass is 35.5. The highest BCUT2D eigenvalue weighted by molar-refractivity contribution is 6.30. The zero-order valence-corrected chi connectivity index (χ0v) is 17.7. The highest BCUT2D eigenvalue weighted by Gasteiger charge is 2.44. The number of aromatic nitrogens is 2. The van der Waals surface area contributed by atoms with Gasteiger partial charge >= 0.3 is 0 Å². The Morgan fingerprint density at radius 3 is 2.79 bits per heavy atom. The molecule has 1 aromatic carbocycles. The molecular formula is C21H27ClN6O. The van der Waals surface area contributed by atoms with Crippen LogP contribution < -0.4 is 10.2 Å². The second-order valence-corrected chi connectivity index (χ2v) is 8.24. The summed E-state index contributed by atoms with van der Waals surface area (Å²) in [6.45, 7) is 5.18. The van der Waals surface area contributed by atoms with Crippen LogP contribution in [0.15, 0.2) is 41.7 Å². The summed E-state index contributed by atoms with van der Waals surface area (Å²) in [7, 11) is 1.85. The van der Waals surface area contributed by atoms with Crippen molar-refractivity contribution in [1.29, 1.82) is 0 Å². The number of nitrogens with one attached hydrogen (secondary N) is 1. The van der Waals surface area contributed by atoms with Crippen LogP contribution in [0, 0.1) is 0 Å². The number of nitrogens with zero attached hydrogens (tertiary/aromatic N) is 5. The van der Waals surface area contributed by atoms with E-state index < -0.39 is 0 Å². The van der Waals surface area contributed by atoms with Crippen LogP contribution in [-0.2, 0) is 17.3 Å². The van der Waals surface area contributed by atoms with Gasteiger partial charge in [-0.3, -0.25) is 14.5 Å². The minimum atomic E-state index is 0.0610. The van der Waals surface area contributed by atoms with Crippen molar-refractivity contribution in [3.63, 3.8) is 0 Å². The normalized spacial score (nSPS) is 18.9. The van der Waals surface area contributed by atoms with Crippen LogP contribution >= 0.6 is 11.6 Å². The van der Waals surface area contributed by atoms with Gasteiger partial charge < -0.3 is 15.1 Å². The molecular weight excluding hydrogens is 388 g/mol. The molecule has 1 saturated carbocycles. The minimum absolute atomic E-state index is 0.0610. The second kappa shape index (κ2) is 8.06. The lowest BCUT2D eigenvalue weighted by Gasteiger charge is -2.35. The van der Waals surface area contributed by atoms with Gasteiger partial charge in [-0.15, -0.1) is 0 Å². The molecule has 7 nitrogen and oxygen atoms in total. The fourth-order valence-corrected chi connectivity index (χ4v) is 4.02. The number of guanidine groups is 1. The molecule has 0 radical (unpaired) electrons. The van der Waals surface area contributed by atoms with Gasteiger partial charge in [-0.25, -0.2) is 0 Å². The number of hydrogen-bond acceptors (Lipinski definition) is 3. The van der Waals surface area contributed by atoms with Gasteiger partial charge in [0.25, 0.3) is 0 Å². The molecule has 0 spiro atoms. The minimum Gasteiger partial charge on any atom is -0.357 e. The standard InChI is InChI=1S/C21H27ClN6O/c1-3-23-20(24-15-21(7-8-21)16-5-4-6-17(22)11-16)27-9-10-28(19(29)14-27)18-12-25-26(2)13-18/h4-6,11-13H,3,7-10,14-15H2,1-2H3,(H,23,24). The molecule has 1 aromatic heterocycles. The molecule has 4 rings (SSSR count). The van der Waals surface area contributed by atoms with E-state index in [9.17, 15) is 4.79 Å². The number of anilines is 1. The molecule has 2 aromatic rings. The first-order valence-corrected chi connectivity index (χ1v) is 10.5. The van der Waals surface area contributed by atoms with E-state index in [4.69, 9.17) is 16.6 Å². The van der Waals surface area contributed by atoms with Crippen LogP contribution in [0.3, 0.4) is 0 Å². The molecule has 1 saturated heterocycles. The molecule has 154 valence electrons. The van der Waals surface area contributed by atoms with E-state index in [1.165, 1.54) is 5.56 Å². The molecule has 0 bridgehead atoms. The van der Waals surface area contributed by atoms with Crippen molar-refractivity contribution in [2.24, 2.45) is 12.0 Å². The summed E-state index contributed by atoms with van der Waals surface area (Å²) in [5.74, 6) is 0.866. The summed E-state index contributed by atoms with van der Waals surface area (Å²) in [5, 5.41) is 8.29. The van der Waals surface area contributed by atoms with Crippen molar-refractivity contribution in [2.75, 3.05) is 37.6 Å². The van der Waals surface area contributed by atoms with Crippen LogP contribution in [-0.4, -0.2) is 59.3 Å². The van der Waals surface area contributed by atoms with Crippen molar-refractivity contribution in [3.05, 3.63) is 47.2 Å². The maximum atomic E-state index is 12.7.